The van der Waals surface area contributed by atoms with Crippen molar-refractivity contribution >= 4 is 22.7 Å². The van der Waals surface area contributed by atoms with Gasteiger partial charge < -0.3 is 11.5 Å². The average Bonchev–Trinajstić information content (AvgIpc) is 2.37. The lowest BCUT2D eigenvalue weighted by molar-refractivity contribution is 1.09. The van der Waals surface area contributed by atoms with E-state index in [0.29, 0.717) is 5.82 Å². The van der Waals surface area contributed by atoms with Crippen molar-refractivity contribution in [2.24, 2.45) is 0 Å². The Kier molecular flexibility index (Phi) is 2.30. The van der Waals surface area contributed by atoms with E-state index in [-0.39, 0.29) is 11.9 Å². The van der Waals surface area contributed by atoms with Crippen molar-refractivity contribution in [1.29, 1.82) is 0 Å². The fourth-order valence-corrected chi connectivity index (χ4v) is 1.87. The second kappa shape index (κ2) is 3.96. The molecular formula is C13H11N5. The molecule has 0 radical (unpaired) electrons. The molecule has 5 heteroatoms. The second-order valence-electron chi connectivity index (χ2n) is 3.94. The van der Waals surface area contributed by atoms with E-state index in [0.717, 1.165) is 16.3 Å². The highest BCUT2D eigenvalue weighted by molar-refractivity contribution is 5.86. The summed E-state index contributed by atoms with van der Waals surface area (Å²) in [5.41, 5.74) is 12.0. The first kappa shape index (κ1) is 10.5. The smallest absolute Gasteiger partial charge is 0.225 e. The summed E-state index contributed by atoms with van der Waals surface area (Å²) in [7, 11) is 0. The first-order valence-electron chi connectivity index (χ1n) is 5.48. The molecule has 0 aliphatic heterocycles. The molecule has 0 fully saturated rings. The van der Waals surface area contributed by atoms with E-state index in [9.17, 15) is 0 Å². The number of rotatable bonds is 1. The maximum Gasteiger partial charge on any atom is 0.225 e. The van der Waals surface area contributed by atoms with Gasteiger partial charge in [0.1, 0.15) is 0 Å². The molecule has 2 aromatic carbocycles. The van der Waals surface area contributed by atoms with Crippen LogP contribution in [0.4, 0.5) is 11.9 Å². The van der Waals surface area contributed by atoms with Gasteiger partial charge in [-0.1, -0.05) is 36.4 Å². The standard InChI is InChI=1S/C13H11N5/c14-12-16-11(17-13(15)18-12)10-6-5-8-3-1-2-4-9(8)7-10/h1-7H,(H4,14,15,16,17,18). The van der Waals surface area contributed by atoms with Gasteiger partial charge in [0.05, 0.1) is 0 Å². The first-order chi connectivity index (χ1) is 8.72. The summed E-state index contributed by atoms with van der Waals surface area (Å²) >= 11 is 0. The van der Waals surface area contributed by atoms with Crippen molar-refractivity contribution in [1.82, 2.24) is 15.0 Å². The van der Waals surface area contributed by atoms with Crippen LogP contribution in [-0.2, 0) is 0 Å². The molecule has 0 unspecified atom stereocenters. The van der Waals surface area contributed by atoms with Crippen molar-refractivity contribution in [3.05, 3.63) is 42.5 Å². The molecule has 0 aliphatic rings. The number of hydrogen-bond donors (Lipinski definition) is 2. The molecule has 88 valence electrons. The number of fused-ring (bicyclic) bond motifs is 1. The first-order valence-corrected chi connectivity index (χ1v) is 5.48. The highest BCUT2D eigenvalue weighted by Gasteiger charge is 2.05. The third-order valence-corrected chi connectivity index (χ3v) is 2.68. The maximum atomic E-state index is 5.57. The van der Waals surface area contributed by atoms with Gasteiger partial charge in [0.25, 0.3) is 0 Å². The zero-order valence-electron chi connectivity index (χ0n) is 9.54. The van der Waals surface area contributed by atoms with Crippen molar-refractivity contribution in [2.75, 3.05) is 11.5 Å². The van der Waals surface area contributed by atoms with E-state index in [2.05, 4.69) is 21.0 Å². The predicted molar refractivity (Wildman–Crippen MR) is 71.6 cm³/mol. The zero-order valence-corrected chi connectivity index (χ0v) is 9.54. The third kappa shape index (κ3) is 1.82. The Morgan fingerprint density at radius 1 is 0.722 bits per heavy atom. The number of nitrogen functional groups attached to an aromatic ring is 2. The number of hydrogen-bond acceptors (Lipinski definition) is 5. The van der Waals surface area contributed by atoms with Crippen LogP contribution in [0.5, 0.6) is 0 Å². The topological polar surface area (TPSA) is 90.7 Å². The molecule has 0 saturated carbocycles. The van der Waals surface area contributed by atoms with E-state index in [1.807, 2.05) is 36.4 Å². The van der Waals surface area contributed by atoms with Crippen LogP contribution in [0.1, 0.15) is 0 Å². The Labute approximate surface area is 104 Å². The minimum atomic E-state index is 0.130. The van der Waals surface area contributed by atoms with Crippen molar-refractivity contribution in [2.45, 2.75) is 0 Å². The minimum Gasteiger partial charge on any atom is -0.368 e. The summed E-state index contributed by atoms with van der Waals surface area (Å²) in [4.78, 5) is 11.9. The van der Waals surface area contributed by atoms with Gasteiger partial charge >= 0.3 is 0 Å². The lowest BCUT2D eigenvalue weighted by atomic mass is 10.1. The summed E-state index contributed by atoms with van der Waals surface area (Å²) in [6, 6.07) is 14.0. The number of nitrogens with two attached hydrogens (primary N) is 2. The largest absolute Gasteiger partial charge is 0.368 e. The van der Waals surface area contributed by atoms with Gasteiger partial charge in [0.2, 0.25) is 11.9 Å². The van der Waals surface area contributed by atoms with Gasteiger partial charge in [-0.2, -0.15) is 15.0 Å². The molecular weight excluding hydrogens is 226 g/mol. The van der Waals surface area contributed by atoms with Gasteiger partial charge in [-0.05, 0) is 16.8 Å². The lowest BCUT2D eigenvalue weighted by Gasteiger charge is -2.04. The molecule has 18 heavy (non-hydrogen) atoms. The number of benzene rings is 2. The van der Waals surface area contributed by atoms with E-state index < -0.39 is 0 Å². The molecule has 0 spiro atoms. The van der Waals surface area contributed by atoms with Gasteiger partial charge in [-0.3, -0.25) is 0 Å². The molecule has 3 rings (SSSR count). The average molecular weight is 237 g/mol. The molecule has 4 N–H and O–H groups in total. The van der Waals surface area contributed by atoms with E-state index >= 15 is 0 Å². The molecule has 0 saturated heterocycles. The zero-order chi connectivity index (χ0) is 12.5. The third-order valence-electron chi connectivity index (χ3n) is 2.68. The Balaban J connectivity index is 2.19. The minimum absolute atomic E-state index is 0.130. The predicted octanol–water partition coefficient (Wildman–Crippen LogP) is 1.86. The molecule has 0 amide bonds. The molecule has 0 atom stereocenters. The number of anilines is 2. The summed E-state index contributed by atoms with van der Waals surface area (Å²) in [5.74, 6) is 0.752. The summed E-state index contributed by atoms with van der Waals surface area (Å²) in [6.45, 7) is 0. The van der Waals surface area contributed by atoms with Crippen LogP contribution in [0.25, 0.3) is 22.2 Å². The summed E-state index contributed by atoms with van der Waals surface area (Å²) in [6.07, 6.45) is 0. The number of aromatic nitrogens is 3. The van der Waals surface area contributed by atoms with E-state index in [1.54, 1.807) is 0 Å². The number of nitrogens with zero attached hydrogens (tertiary/aromatic N) is 3. The normalized spacial score (nSPS) is 10.7. The fraction of sp³-hybridized carbons (Fsp3) is 0. The van der Waals surface area contributed by atoms with Crippen LogP contribution >= 0.6 is 0 Å². The highest BCUT2D eigenvalue weighted by Crippen LogP contribution is 2.22. The van der Waals surface area contributed by atoms with Crippen LogP contribution in [0.2, 0.25) is 0 Å². The fourth-order valence-electron chi connectivity index (χ4n) is 1.87. The van der Waals surface area contributed by atoms with Crippen LogP contribution in [0, 0.1) is 0 Å². The van der Waals surface area contributed by atoms with E-state index in [4.69, 9.17) is 11.5 Å². The Hall–Kier alpha value is -2.69. The highest BCUT2D eigenvalue weighted by atomic mass is 15.1. The van der Waals surface area contributed by atoms with Gasteiger partial charge in [0, 0.05) is 5.56 Å². The monoisotopic (exact) mass is 237 g/mol. The van der Waals surface area contributed by atoms with Crippen LogP contribution in [0.15, 0.2) is 42.5 Å². The second-order valence-corrected chi connectivity index (χ2v) is 3.94. The van der Waals surface area contributed by atoms with Crippen LogP contribution in [0.3, 0.4) is 0 Å². The Bertz CT molecular complexity index is 703. The molecule has 0 aliphatic carbocycles. The van der Waals surface area contributed by atoms with E-state index in [1.165, 1.54) is 0 Å². The lowest BCUT2D eigenvalue weighted by Crippen LogP contribution is -2.04. The maximum absolute atomic E-state index is 5.57. The molecule has 1 aromatic heterocycles. The molecule has 1 heterocycles. The van der Waals surface area contributed by atoms with Crippen molar-refractivity contribution in [3.8, 4) is 11.4 Å². The SMILES string of the molecule is Nc1nc(N)nc(-c2ccc3ccccc3c2)n1. The Morgan fingerprint density at radius 3 is 2.11 bits per heavy atom. The van der Waals surface area contributed by atoms with Gasteiger partial charge in [-0.25, -0.2) is 0 Å². The summed E-state index contributed by atoms with van der Waals surface area (Å²) in [5, 5.41) is 2.28. The van der Waals surface area contributed by atoms with Crippen LogP contribution < -0.4 is 11.5 Å². The summed E-state index contributed by atoms with van der Waals surface area (Å²) < 4.78 is 0. The molecule has 3 aromatic rings. The molecule has 0 bridgehead atoms. The quantitative estimate of drug-likeness (QED) is 0.674. The van der Waals surface area contributed by atoms with Gasteiger partial charge in [0.15, 0.2) is 5.82 Å². The Morgan fingerprint density at radius 2 is 1.39 bits per heavy atom. The van der Waals surface area contributed by atoms with Gasteiger partial charge in [-0.15, -0.1) is 0 Å². The van der Waals surface area contributed by atoms with Crippen molar-refractivity contribution in [3.63, 3.8) is 0 Å². The van der Waals surface area contributed by atoms with Crippen LogP contribution in [-0.4, -0.2) is 15.0 Å². The molecule has 5 nitrogen and oxygen atoms in total. The van der Waals surface area contributed by atoms with Crippen molar-refractivity contribution < 1.29 is 0 Å².